The van der Waals surface area contributed by atoms with Gasteiger partial charge in [0.05, 0.1) is 11.7 Å². The fraction of sp³-hybridized carbons (Fsp3) is 0.240. The van der Waals surface area contributed by atoms with Crippen molar-refractivity contribution in [2.75, 3.05) is 0 Å². The number of benzene rings is 2. The Bertz CT molecular complexity index is 968. The van der Waals surface area contributed by atoms with Crippen molar-refractivity contribution in [3.05, 3.63) is 83.0 Å². The van der Waals surface area contributed by atoms with E-state index in [9.17, 15) is 25.2 Å². The summed E-state index contributed by atoms with van der Waals surface area (Å²) in [5.74, 6) is -0.595. The number of aliphatic hydroxyl groups is 1. The lowest BCUT2D eigenvalue weighted by molar-refractivity contribution is 0.104. The van der Waals surface area contributed by atoms with Crippen molar-refractivity contribution in [3.63, 3.8) is 0 Å². The molecule has 158 valence electrons. The summed E-state index contributed by atoms with van der Waals surface area (Å²) < 4.78 is 0. The monoisotopic (exact) mass is 408 g/mol. The van der Waals surface area contributed by atoms with E-state index >= 15 is 0 Å². The SMILES string of the molecule is C=C(C)[C@H](O)CCC(C)=CCc1c(O)ccc(C(=O)C=Cc2ccc(O)cc2)c1O. The number of carbonyl (C=O) groups excluding carboxylic acids is 1. The van der Waals surface area contributed by atoms with Crippen LogP contribution in [0.2, 0.25) is 0 Å². The van der Waals surface area contributed by atoms with Gasteiger partial charge in [-0.3, -0.25) is 4.79 Å². The van der Waals surface area contributed by atoms with Crippen LogP contribution in [0.4, 0.5) is 0 Å². The lowest BCUT2D eigenvalue weighted by atomic mass is 9.99. The van der Waals surface area contributed by atoms with Gasteiger partial charge in [0.25, 0.3) is 0 Å². The molecule has 0 heterocycles. The summed E-state index contributed by atoms with van der Waals surface area (Å²) in [6.07, 6.45) is 5.69. The van der Waals surface area contributed by atoms with Crippen LogP contribution >= 0.6 is 0 Å². The number of phenols is 3. The van der Waals surface area contributed by atoms with Gasteiger partial charge in [0.1, 0.15) is 17.2 Å². The van der Waals surface area contributed by atoms with Crippen molar-refractivity contribution in [2.24, 2.45) is 0 Å². The zero-order valence-corrected chi connectivity index (χ0v) is 17.3. The summed E-state index contributed by atoms with van der Waals surface area (Å²) in [6.45, 7) is 7.42. The van der Waals surface area contributed by atoms with E-state index in [0.29, 0.717) is 18.4 Å². The topological polar surface area (TPSA) is 98.0 Å². The van der Waals surface area contributed by atoms with Gasteiger partial charge in [-0.2, -0.15) is 0 Å². The maximum absolute atomic E-state index is 12.5. The molecule has 0 aliphatic heterocycles. The van der Waals surface area contributed by atoms with Crippen LogP contribution in [0.3, 0.4) is 0 Å². The van der Waals surface area contributed by atoms with Crippen molar-refractivity contribution in [3.8, 4) is 17.2 Å². The number of ketones is 1. The zero-order valence-electron chi connectivity index (χ0n) is 17.3. The Kier molecular flexibility index (Phi) is 8.01. The first-order valence-corrected chi connectivity index (χ1v) is 9.73. The van der Waals surface area contributed by atoms with E-state index in [1.165, 1.54) is 30.3 Å². The molecule has 2 aromatic rings. The molecule has 0 saturated carbocycles. The number of rotatable bonds is 9. The van der Waals surface area contributed by atoms with Crippen LogP contribution in [-0.4, -0.2) is 32.3 Å². The average Bonchev–Trinajstić information content (AvgIpc) is 2.71. The number of allylic oxidation sites excluding steroid dienone is 3. The van der Waals surface area contributed by atoms with Crippen LogP contribution in [0.5, 0.6) is 17.2 Å². The molecule has 0 aromatic heterocycles. The minimum atomic E-state index is -0.559. The van der Waals surface area contributed by atoms with Crippen molar-refractivity contribution in [1.29, 1.82) is 0 Å². The van der Waals surface area contributed by atoms with E-state index in [4.69, 9.17) is 0 Å². The molecule has 0 amide bonds. The summed E-state index contributed by atoms with van der Waals surface area (Å²) >= 11 is 0. The number of aromatic hydroxyl groups is 3. The molecule has 2 rings (SSSR count). The highest BCUT2D eigenvalue weighted by molar-refractivity contribution is 6.09. The molecule has 4 N–H and O–H groups in total. The molecule has 0 fully saturated rings. The molecule has 0 unspecified atom stereocenters. The predicted octanol–water partition coefficient (Wildman–Crippen LogP) is 4.91. The minimum Gasteiger partial charge on any atom is -0.508 e. The third-order valence-electron chi connectivity index (χ3n) is 4.88. The molecule has 0 aliphatic rings. The Labute approximate surface area is 177 Å². The van der Waals surface area contributed by atoms with Gasteiger partial charge in [0, 0.05) is 5.56 Å². The molecule has 0 aliphatic carbocycles. The Balaban J connectivity index is 2.14. The van der Waals surface area contributed by atoms with Crippen LogP contribution in [0.1, 0.15) is 48.2 Å². The minimum absolute atomic E-state index is 0.0856. The Morgan fingerprint density at radius 2 is 1.73 bits per heavy atom. The third kappa shape index (κ3) is 6.36. The van der Waals surface area contributed by atoms with E-state index in [-0.39, 0.29) is 34.8 Å². The third-order valence-corrected chi connectivity index (χ3v) is 4.88. The lowest BCUT2D eigenvalue weighted by Crippen LogP contribution is -2.06. The second kappa shape index (κ2) is 10.5. The molecular weight excluding hydrogens is 380 g/mol. The number of hydrogen-bond acceptors (Lipinski definition) is 5. The maximum Gasteiger partial charge on any atom is 0.189 e. The van der Waals surface area contributed by atoms with Crippen molar-refractivity contribution < 1.29 is 25.2 Å². The highest BCUT2D eigenvalue weighted by Crippen LogP contribution is 2.32. The van der Waals surface area contributed by atoms with Gasteiger partial charge in [0.15, 0.2) is 5.78 Å². The first kappa shape index (κ1) is 23.0. The molecule has 0 radical (unpaired) electrons. The van der Waals surface area contributed by atoms with Gasteiger partial charge in [-0.25, -0.2) is 0 Å². The normalized spacial score (nSPS) is 12.8. The van der Waals surface area contributed by atoms with E-state index in [2.05, 4.69) is 6.58 Å². The van der Waals surface area contributed by atoms with Crippen LogP contribution in [0.25, 0.3) is 6.08 Å². The molecule has 5 nitrogen and oxygen atoms in total. The second-order valence-corrected chi connectivity index (χ2v) is 7.40. The quantitative estimate of drug-likeness (QED) is 0.269. The first-order valence-electron chi connectivity index (χ1n) is 9.73. The number of carbonyl (C=O) groups is 1. The van der Waals surface area contributed by atoms with Gasteiger partial charge in [-0.1, -0.05) is 42.0 Å². The summed E-state index contributed by atoms with van der Waals surface area (Å²) in [4.78, 5) is 12.5. The molecule has 1 atom stereocenters. The Morgan fingerprint density at radius 3 is 2.37 bits per heavy atom. The highest BCUT2D eigenvalue weighted by atomic mass is 16.3. The molecule has 30 heavy (non-hydrogen) atoms. The van der Waals surface area contributed by atoms with Crippen molar-refractivity contribution in [2.45, 2.75) is 39.2 Å². The highest BCUT2D eigenvalue weighted by Gasteiger charge is 2.15. The number of hydrogen-bond donors (Lipinski definition) is 4. The number of aliphatic hydroxyl groups excluding tert-OH is 1. The maximum atomic E-state index is 12.5. The molecule has 0 saturated heterocycles. The fourth-order valence-corrected chi connectivity index (χ4v) is 2.86. The largest absolute Gasteiger partial charge is 0.508 e. The summed E-state index contributed by atoms with van der Waals surface area (Å²) in [5, 5.41) is 39.8. The molecule has 0 bridgehead atoms. The van der Waals surface area contributed by atoms with Gasteiger partial charge in [-0.15, -0.1) is 0 Å². The first-order chi connectivity index (χ1) is 14.2. The van der Waals surface area contributed by atoms with Crippen molar-refractivity contribution in [1.82, 2.24) is 0 Å². The van der Waals surface area contributed by atoms with Crippen LogP contribution in [0.15, 0.2) is 66.3 Å². The molecule has 0 spiro atoms. The molecule has 5 heteroatoms. The summed E-state index contributed by atoms with van der Waals surface area (Å²) in [7, 11) is 0. The smallest absolute Gasteiger partial charge is 0.189 e. The Morgan fingerprint density at radius 1 is 1.07 bits per heavy atom. The standard InChI is InChI=1S/C25H28O5/c1-16(2)22(27)13-5-17(3)4-11-20-24(29)15-12-21(25(20)30)23(28)14-8-18-6-9-19(26)10-7-18/h4,6-10,12,14-15,22,26-27,29-30H,1,5,11,13H2,2-3H3/t22-/m1/s1. The van der Waals surface area contributed by atoms with Gasteiger partial charge >= 0.3 is 0 Å². The number of phenolic OH excluding ortho intramolecular Hbond substituents is 3. The molecule has 2 aromatic carbocycles. The summed E-state index contributed by atoms with van der Waals surface area (Å²) in [5.41, 5.74) is 2.82. The second-order valence-electron chi connectivity index (χ2n) is 7.40. The lowest BCUT2D eigenvalue weighted by Gasteiger charge is -2.11. The van der Waals surface area contributed by atoms with E-state index in [1.54, 1.807) is 25.1 Å². The van der Waals surface area contributed by atoms with Gasteiger partial charge in [-0.05, 0) is 69.0 Å². The van der Waals surface area contributed by atoms with E-state index < -0.39 is 11.9 Å². The van der Waals surface area contributed by atoms with E-state index in [1.807, 2.05) is 13.0 Å². The predicted molar refractivity (Wildman–Crippen MR) is 119 cm³/mol. The van der Waals surface area contributed by atoms with E-state index in [0.717, 1.165) is 11.1 Å². The van der Waals surface area contributed by atoms with Gasteiger partial charge < -0.3 is 20.4 Å². The fourth-order valence-electron chi connectivity index (χ4n) is 2.86. The van der Waals surface area contributed by atoms with Gasteiger partial charge in [0.2, 0.25) is 0 Å². The average molecular weight is 408 g/mol. The molecular formula is C25H28O5. The van der Waals surface area contributed by atoms with Crippen molar-refractivity contribution >= 4 is 11.9 Å². The summed E-state index contributed by atoms with van der Waals surface area (Å²) in [6, 6.07) is 9.15. The Hall–Kier alpha value is -3.31. The van der Waals surface area contributed by atoms with Crippen LogP contribution in [0, 0.1) is 0 Å². The zero-order chi connectivity index (χ0) is 22.3. The van der Waals surface area contributed by atoms with Crippen LogP contribution < -0.4 is 0 Å². The van der Waals surface area contributed by atoms with Crippen LogP contribution in [-0.2, 0) is 6.42 Å².